The number of nitrogens with two attached hydrogens (primary N) is 1. The molecule has 1 fully saturated rings. The Hall–Kier alpha value is -2.57. The quantitative estimate of drug-likeness (QED) is 0.354. The molecule has 12 heteroatoms. The van der Waals surface area contributed by atoms with E-state index in [9.17, 15) is 16.8 Å². The van der Waals surface area contributed by atoms with Crippen LogP contribution in [0.5, 0.6) is 0 Å². The number of sulfone groups is 1. The fourth-order valence-corrected chi connectivity index (χ4v) is 7.46. The fraction of sp³-hybridized carbons (Fsp3) is 0.217. The minimum Gasteiger partial charge on any atom is -0.384 e. The number of halogens is 1. The highest BCUT2D eigenvalue weighted by molar-refractivity contribution is 7.90. The van der Waals surface area contributed by atoms with Crippen LogP contribution in [0.4, 0.5) is 5.82 Å². The van der Waals surface area contributed by atoms with Crippen molar-refractivity contribution in [3.8, 4) is 11.3 Å². The van der Waals surface area contributed by atoms with Gasteiger partial charge in [-0.05, 0) is 48.6 Å². The summed E-state index contributed by atoms with van der Waals surface area (Å²) >= 11 is 7.80. The molecule has 182 valence electrons. The largest absolute Gasteiger partial charge is 0.384 e. The Morgan fingerprint density at radius 2 is 1.89 bits per heavy atom. The second-order valence-electron chi connectivity index (χ2n) is 8.42. The zero-order chi connectivity index (χ0) is 25.0. The molecule has 35 heavy (non-hydrogen) atoms. The topological polar surface area (TPSA) is 132 Å². The van der Waals surface area contributed by atoms with Gasteiger partial charge in [0.1, 0.15) is 5.82 Å². The molecule has 1 atom stereocenters. The van der Waals surface area contributed by atoms with Gasteiger partial charge in [-0.2, -0.15) is 0 Å². The molecule has 0 spiro atoms. The van der Waals surface area contributed by atoms with Gasteiger partial charge in [-0.25, -0.2) is 26.5 Å². The van der Waals surface area contributed by atoms with E-state index in [1.807, 2.05) is 24.3 Å². The van der Waals surface area contributed by atoms with Crippen molar-refractivity contribution in [3.05, 3.63) is 70.3 Å². The zero-order valence-electron chi connectivity index (χ0n) is 18.5. The van der Waals surface area contributed by atoms with Crippen molar-refractivity contribution in [3.63, 3.8) is 0 Å². The van der Waals surface area contributed by atoms with Crippen LogP contribution in [0.1, 0.15) is 29.5 Å². The predicted octanol–water partition coefficient (Wildman–Crippen LogP) is 4.17. The van der Waals surface area contributed by atoms with Crippen molar-refractivity contribution in [2.75, 3.05) is 12.0 Å². The summed E-state index contributed by atoms with van der Waals surface area (Å²) in [5, 5.41) is 0.713. The van der Waals surface area contributed by atoms with Crippen LogP contribution in [0.25, 0.3) is 21.3 Å². The van der Waals surface area contributed by atoms with E-state index in [0.717, 1.165) is 21.9 Å². The van der Waals surface area contributed by atoms with E-state index in [-0.39, 0.29) is 10.7 Å². The molecule has 3 N–H and O–H groups in total. The highest BCUT2D eigenvalue weighted by Gasteiger charge is 2.38. The zero-order valence-corrected chi connectivity index (χ0v) is 21.7. The average molecular weight is 549 g/mol. The Bertz CT molecular complexity index is 1670. The van der Waals surface area contributed by atoms with Gasteiger partial charge in [0.05, 0.1) is 32.6 Å². The van der Waals surface area contributed by atoms with E-state index < -0.39 is 31.2 Å². The van der Waals surface area contributed by atoms with Gasteiger partial charge in [0.15, 0.2) is 9.84 Å². The molecule has 0 amide bonds. The van der Waals surface area contributed by atoms with E-state index in [1.165, 1.54) is 29.7 Å². The minimum atomic E-state index is -3.60. The molecule has 1 aliphatic carbocycles. The highest BCUT2D eigenvalue weighted by atomic mass is 35.5. The molecule has 8 nitrogen and oxygen atoms in total. The molecule has 3 aromatic heterocycles. The number of aromatic nitrogens is 2. The monoisotopic (exact) mass is 548 g/mol. The lowest BCUT2D eigenvalue weighted by Crippen LogP contribution is -2.32. The van der Waals surface area contributed by atoms with E-state index in [2.05, 4.69) is 14.7 Å². The molecule has 0 radical (unpaired) electrons. The number of anilines is 1. The average Bonchev–Trinajstić information content (AvgIpc) is 3.58. The van der Waals surface area contributed by atoms with Crippen molar-refractivity contribution >= 4 is 58.7 Å². The van der Waals surface area contributed by atoms with Crippen LogP contribution in [0.3, 0.4) is 0 Å². The Kier molecular flexibility index (Phi) is 6.09. The number of sulfonamides is 1. The number of thiophene rings is 1. The SMILES string of the molecule is CS(=O)(=O)c1ccnc(-c2cccc3cc(C(NS(=O)(=O)C4CC4)c4nc(N)ccc4Cl)sc23)c1. The second-order valence-corrected chi connectivity index (χ2v) is 13.9. The number of benzene rings is 1. The number of nitrogens with one attached hydrogen (secondary N) is 1. The lowest BCUT2D eigenvalue weighted by molar-refractivity contribution is 0.570. The summed E-state index contributed by atoms with van der Waals surface area (Å²) in [5.74, 6) is 0.226. The van der Waals surface area contributed by atoms with Crippen LogP contribution in [-0.4, -0.2) is 38.3 Å². The maximum atomic E-state index is 12.9. The first kappa shape index (κ1) is 24.1. The molecule has 1 aromatic carbocycles. The van der Waals surface area contributed by atoms with Crippen LogP contribution < -0.4 is 10.5 Å². The van der Waals surface area contributed by atoms with E-state index >= 15 is 0 Å². The fourth-order valence-electron chi connectivity index (χ4n) is 3.78. The van der Waals surface area contributed by atoms with Crippen LogP contribution in [0.2, 0.25) is 5.02 Å². The number of rotatable bonds is 7. The summed E-state index contributed by atoms with van der Waals surface area (Å²) in [6.07, 6.45) is 3.83. The maximum absolute atomic E-state index is 12.9. The minimum absolute atomic E-state index is 0.169. The van der Waals surface area contributed by atoms with Crippen molar-refractivity contribution < 1.29 is 16.8 Å². The van der Waals surface area contributed by atoms with Crippen molar-refractivity contribution in [1.29, 1.82) is 0 Å². The van der Waals surface area contributed by atoms with Gasteiger partial charge in [-0.3, -0.25) is 4.98 Å². The Morgan fingerprint density at radius 3 is 2.60 bits per heavy atom. The van der Waals surface area contributed by atoms with E-state index in [4.69, 9.17) is 17.3 Å². The first-order chi connectivity index (χ1) is 16.5. The highest BCUT2D eigenvalue weighted by Crippen LogP contribution is 2.41. The summed E-state index contributed by atoms with van der Waals surface area (Å²) in [7, 11) is -7.01. The Balaban J connectivity index is 1.66. The molecule has 0 saturated heterocycles. The molecule has 1 saturated carbocycles. The molecular formula is C23H21ClN4O4S3. The van der Waals surface area contributed by atoms with Crippen molar-refractivity contribution in [1.82, 2.24) is 14.7 Å². The van der Waals surface area contributed by atoms with Gasteiger partial charge in [-0.1, -0.05) is 29.8 Å². The summed E-state index contributed by atoms with van der Waals surface area (Å²) in [6.45, 7) is 0. The number of nitrogen functional groups attached to an aromatic ring is 1. The van der Waals surface area contributed by atoms with E-state index in [0.29, 0.717) is 34.1 Å². The summed E-state index contributed by atoms with van der Waals surface area (Å²) in [4.78, 5) is 9.58. The van der Waals surface area contributed by atoms with Crippen molar-refractivity contribution in [2.24, 2.45) is 0 Å². The molecule has 1 unspecified atom stereocenters. The first-order valence-corrected chi connectivity index (χ1v) is 15.3. The van der Waals surface area contributed by atoms with Gasteiger partial charge in [0, 0.05) is 27.6 Å². The number of hydrogen-bond acceptors (Lipinski definition) is 8. The number of pyridine rings is 2. The van der Waals surface area contributed by atoms with Crippen LogP contribution in [0.15, 0.2) is 59.6 Å². The molecule has 0 bridgehead atoms. The summed E-state index contributed by atoms with van der Waals surface area (Å²) in [5.41, 5.74) is 7.46. The third-order valence-electron chi connectivity index (χ3n) is 5.70. The smallest absolute Gasteiger partial charge is 0.215 e. The number of fused-ring (bicyclic) bond motifs is 1. The predicted molar refractivity (Wildman–Crippen MR) is 139 cm³/mol. The van der Waals surface area contributed by atoms with Gasteiger partial charge < -0.3 is 5.73 Å². The molecule has 0 aliphatic heterocycles. The Labute approximate surface area is 212 Å². The van der Waals surface area contributed by atoms with Crippen LogP contribution in [0, 0.1) is 0 Å². The maximum Gasteiger partial charge on any atom is 0.215 e. The molecule has 5 rings (SSSR count). The number of nitrogens with zero attached hydrogens (tertiary/aromatic N) is 2. The van der Waals surface area contributed by atoms with Gasteiger partial charge in [0.2, 0.25) is 10.0 Å². The number of hydrogen-bond donors (Lipinski definition) is 2. The van der Waals surface area contributed by atoms with Gasteiger partial charge >= 0.3 is 0 Å². The lowest BCUT2D eigenvalue weighted by Gasteiger charge is -2.18. The third kappa shape index (κ3) is 4.91. The standard InChI is InChI=1S/C23H21ClN4O4S3/c1-34(29,30)15-9-10-26-18(12-15)16-4-2-3-13-11-19(33-23(13)16)22(28-35(31,32)14-5-6-14)21-17(24)7-8-20(25)27-21/h2-4,7-12,14,22,28H,5-6H2,1H3,(H2,25,27). The lowest BCUT2D eigenvalue weighted by atomic mass is 10.1. The molecule has 4 aromatic rings. The third-order valence-corrected chi connectivity index (χ3v) is 10.3. The van der Waals surface area contributed by atoms with Gasteiger partial charge in [0.25, 0.3) is 0 Å². The van der Waals surface area contributed by atoms with Crippen LogP contribution >= 0.6 is 22.9 Å². The summed E-state index contributed by atoms with van der Waals surface area (Å²) < 4.78 is 53.6. The normalized spacial score (nSPS) is 15.4. The van der Waals surface area contributed by atoms with Crippen LogP contribution in [-0.2, 0) is 19.9 Å². The van der Waals surface area contributed by atoms with Crippen molar-refractivity contribution in [2.45, 2.75) is 29.0 Å². The van der Waals surface area contributed by atoms with Gasteiger partial charge in [-0.15, -0.1) is 11.3 Å². The Morgan fingerprint density at radius 1 is 1.11 bits per heavy atom. The first-order valence-electron chi connectivity index (χ1n) is 10.6. The summed E-state index contributed by atoms with van der Waals surface area (Å²) in [6, 6.07) is 12.8. The molecule has 1 aliphatic rings. The molecule has 3 heterocycles. The van der Waals surface area contributed by atoms with E-state index in [1.54, 1.807) is 12.1 Å². The second kappa shape index (κ2) is 8.82. The molecular weight excluding hydrogens is 528 g/mol.